The molecule has 0 amide bonds. The lowest BCUT2D eigenvalue weighted by Crippen LogP contribution is -2.31. The molecule has 3 N–H and O–H groups in total. The quantitative estimate of drug-likeness (QED) is 0.367. The maximum absolute atomic E-state index is 12.4. The van der Waals surface area contributed by atoms with Crippen molar-refractivity contribution in [3.05, 3.63) is 60.2 Å². The van der Waals surface area contributed by atoms with Crippen molar-refractivity contribution in [3.63, 3.8) is 0 Å². The Hall–Kier alpha value is -2.22. The predicted molar refractivity (Wildman–Crippen MR) is 94.6 cm³/mol. The summed E-state index contributed by atoms with van der Waals surface area (Å²) in [6.45, 7) is 0.718. The van der Waals surface area contributed by atoms with E-state index in [9.17, 15) is 14.5 Å². The van der Waals surface area contributed by atoms with Gasteiger partial charge in [0.15, 0.2) is 5.78 Å². The Morgan fingerprint density at radius 1 is 1.04 bits per heavy atom. The van der Waals surface area contributed by atoms with E-state index in [1.807, 2.05) is 18.2 Å². The van der Waals surface area contributed by atoms with Crippen LogP contribution in [0.4, 0.5) is 11.4 Å². The first-order valence-corrected chi connectivity index (χ1v) is 9.29. The molecule has 0 aliphatic carbocycles. The molecule has 0 spiro atoms. The van der Waals surface area contributed by atoms with Crippen LogP contribution in [-0.2, 0) is 9.09 Å². The van der Waals surface area contributed by atoms with Crippen LogP contribution in [0.3, 0.4) is 0 Å². The molecule has 2 unspecified atom stereocenters. The molecule has 0 heterocycles. The number of azo groups is 1. The zero-order chi connectivity index (χ0) is 19.2. The molecule has 8 nitrogen and oxygen atoms in total. The fraction of sp³-hybridized carbons (Fsp3) is 0.235. The Morgan fingerprint density at radius 3 is 2.08 bits per heavy atom. The fourth-order valence-electron chi connectivity index (χ4n) is 2.25. The third-order valence-corrected chi connectivity index (χ3v) is 4.20. The van der Waals surface area contributed by atoms with Gasteiger partial charge in [0.2, 0.25) is 0 Å². The van der Waals surface area contributed by atoms with Gasteiger partial charge in [0.1, 0.15) is 0 Å². The second-order valence-electron chi connectivity index (χ2n) is 5.54. The van der Waals surface area contributed by atoms with Crippen molar-refractivity contribution in [1.82, 2.24) is 0 Å². The zero-order valence-electron chi connectivity index (χ0n) is 14.0. The molecule has 0 aliphatic rings. The highest BCUT2D eigenvalue weighted by molar-refractivity contribution is 7.46. The summed E-state index contributed by atoms with van der Waals surface area (Å²) in [6.07, 6.45) is -1.15. The van der Waals surface area contributed by atoms with Gasteiger partial charge in [0.25, 0.3) is 0 Å². The maximum Gasteiger partial charge on any atom is 0.469 e. The number of benzene rings is 2. The normalized spacial score (nSPS) is 14.3. The summed E-state index contributed by atoms with van der Waals surface area (Å²) in [5.41, 5.74) is 1.49. The number of nitrogens with zero attached hydrogens (tertiary/aromatic N) is 2. The molecule has 0 aliphatic heterocycles. The highest BCUT2D eigenvalue weighted by atomic mass is 31.2. The minimum Gasteiger partial charge on any atom is -0.396 e. The van der Waals surface area contributed by atoms with E-state index in [1.54, 1.807) is 24.3 Å². The summed E-state index contributed by atoms with van der Waals surface area (Å²) in [6, 6.07) is 15.3. The van der Waals surface area contributed by atoms with E-state index >= 15 is 0 Å². The van der Waals surface area contributed by atoms with Gasteiger partial charge in [0, 0.05) is 5.56 Å². The van der Waals surface area contributed by atoms with Crippen LogP contribution >= 0.6 is 7.82 Å². The molecule has 0 saturated carbocycles. The fourth-order valence-corrected chi connectivity index (χ4v) is 2.83. The van der Waals surface area contributed by atoms with Gasteiger partial charge in [-0.1, -0.05) is 18.2 Å². The molecule has 138 valence electrons. The number of aliphatic hydroxyl groups excluding tert-OH is 1. The van der Waals surface area contributed by atoms with Crippen LogP contribution in [0.1, 0.15) is 17.3 Å². The lowest BCUT2D eigenvalue weighted by molar-refractivity contribution is 0.0540. The number of phosphoric ester groups is 1. The number of hydrogen-bond donors (Lipinski definition) is 3. The predicted octanol–water partition coefficient (Wildman–Crippen LogP) is 3.39. The number of rotatable bonds is 8. The van der Waals surface area contributed by atoms with Gasteiger partial charge in [-0.15, -0.1) is 0 Å². The van der Waals surface area contributed by atoms with Crippen LogP contribution in [0.5, 0.6) is 0 Å². The van der Waals surface area contributed by atoms with Crippen LogP contribution in [0, 0.1) is 5.92 Å². The van der Waals surface area contributed by atoms with Gasteiger partial charge in [-0.3, -0.25) is 9.32 Å². The average molecular weight is 378 g/mol. The molecule has 2 rings (SSSR count). The van der Waals surface area contributed by atoms with Crippen LogP contribution in [0.15, 0.2) is 64.8 Å². The van der Waals surface area contributed by atoms with Gasteiger partial charge in [0.05, 0.1) is 30.0 Å². The summed E-state index contributed by atoms with van der Waals surface area (Å²) < 4.78 is 15.4. The number of ketones is 1. The lowest BCUT2D eigenvalue weighted by atomic mass is 9.94. The topological polar surface area (TPSA) is 129 Å². The van der Waals surface area contributed by atoms with E-state index in [-0.39, 0.29) is 5.56 Å². The minimum absolute atomic E-state index is 0.267. The van der Waals surface area contributed by atoms with Crippen molar-refractivity contribution in [2.75, 3.05) is 6.61 Å². The van der Waals surface area contributed by atoms with Crippen LogP contribution in [0.25, 0.3) is 0 Å². The molecule has 0 radical (unpaired) electrons. The Balaban J connectivity index is 2.09. The van der Waals surface area contributed by atoms with Gasteiger partial charge in [-0.05, 0) is 43.3 Å². The summed E-state index contributed by atoms with van der Waals surface area (Å²) in [5.74, 6) is -1.58. The number of Topliss-reactive ketones (excluding diaryl/α,β-unsaturated/α-hetero) is 1. The van der Waals surface area contributed by atoms with E-state index in [0.29, 0.717) is 11.4 Å². The molecule has 0 saturated heterocycles. The van der Waals surface area contributed by atoms with Gasteiger partial charge in [-0.25, -0.2) is 4.57 Å². The molecule has 2 aromatic rings. The zero-order valence-corrected chi connectivity index (χ0v) is 14.9. The average Bonchev–Trinajstić information content (AvgIpc) is 2.60. The van der Waals surface area contributed by atoms with Gasteiger partial charge in [-0.2, -0.15) is 10.2 Å². The van der Waals surface area contributed by atoms with Crippen molar-refractivity contribution in [3.8, 4) is 0 Å². The highest BCUT2D eigenvalue weighted by Crippen LogP contribution is 2.39. The van der Waals surface area contributed by atoms with Gasteiger partial charge >= 0.3 is 7.82 Å². The van der Waals surface area contributed by atoms with E-state index < -0.39 is 32.2 Å². The lowest BCUT2D eigenvalue weighted by Gasteiger charge is -2.21. The standard InChI is InChI=1S/C17H19N2O6P/c1-12(25-26(22,23)24)16(11-20)17(21)13-7-9-15(10-8-13)19-18-14-5-3-2-4-6-14/h2-10,12,16,20H,11H2,1H3,(H2,22,23,24). The second kappa shape index (κ2) is 8.93. The van der Waals surface area contributed by atoms with Crippen LogP contribution in [-0.4, -0.2) is 33.4 Å². The van der Waals surface area contributed by atoms with Crippen LogP contribution in [0.2, 0.25) is 0 Å². The molecule has 0 fully saturated rings. The Labute approximate surface area is 150 Å². The largest absolute Gasteiger partial charge is 0.469 e. The maximum atomic E-state index is 12.4. The third kappa shape index (κ3) is 5.94. The van der Waals surface area contributed by atoms with Crippen molar-refractivity contribution in [2.24, 2.45) is 16.1 Å². The highest BCUT2D eigenvalue weighted by Gasteiger charge is 2.31. The number of phosphoric acid groups is 1. The van der Waals surface area contributed by atoms with Crippen molar-refractivity contribution in [1.29, 1.82) is 0 Å². The monoisotopic (exact) mass is 378 g/mol. The van der Waals surface area contributed by atoms with E-state index in [0.717, 1.165) is 0 Å². The first-order chi connectivity index (χ1) is 12.3. The van der Waals surface area contributed by atoms with Crippen molar-refractivity contribution in [2.45, 2.75) is 13.0 Å². The smallest absolute Gasteiger partial charge is 0.396 e. The molecule has 26 heavy (non-hydrogen) atoms. The summed E-state index contributed by atoms with van der Waals surface area (Å²) in [7, 11) is -4.76. The SMILES string of the molecule is CC(OP(=O)(O)O)C(CO)C(=O)c1ccc(N=Nc2ccccc2)cc1. The van der Waals surface area contributed by atoms with E-state index in [2.05, 4.69) is 14.8 Å². The Kier molecular flexibility index (Phi) is 6.90. The number of aliphatic hydroxyl groups is 1. The molecule has 0 aromatic heterocycles. The van der Waals surface area contributed by atoms with Crippen molar-refractivity contribution < 1.29 is 28.8 Å². The van der Waals surface area contributed by atoms with E-state index in [4.69, 9.17) is 9.79 Å². The molecular weight excluding hydrogens is 359 g/mol. The van der Waals surface area contributed by atoms with Crippen LogP contribution < -0.4 is 0 Å². The molecule has 9 heteroatoms. The summed E-state index contributed by atoms with van der Waals surface area (Å²) >= 11 is 0. The Morgan fingerprint density at radius 2 is 1.58 bits per heavy atom. The molecule has 2 atom stereocenters. The molecule has 0 bridgehead atoms. The molecular formula is C17H19N2O6P. The number of hydrogen-bond acceptors (Lipinski definition) is 6. The van der Waals surface area contributed by atoms with E-state index in [1.165, 1.54) is 19.1 Å². The first-order valence-electron chi connectivity index (χ1n) is 7.76. The molecule has 2 aromatic carbocycles. The van der Waals surface area contributed by atoms with Gasteiger partial charge < -0.3 is 14.9 Å². The first kappa shape index (κ1) is 20.1. The number of carbonyl (C=O) groups excluding carboxylic acids is 1. The third-order valence-electron chi connectivity index (χ3n) is 3.59. The van der Waals surface area contributed by atoms with Crippen molar-refractivity contribution >= 4 is 25.0 Å². The Bertz CT molecular complexity index is 804. The summed E-state index contributed by atoms with van der Waals surface area (Å²) in [5, 5.41) is 17.5. The number of carbonyl (C=O) groups is 1. The second-order valence-corrected chi connectivity index (χ2v) is 6.73. The summed E-state index contributed by atoms with van der Waals surface area (Å²) in [4.78, 5) is 30.1. The minimum atomic E-state index is -4.76.